The number of aromatic nitrogens is 4. The summed E-state index contributed by atoms with van der Waals surface area (Å²) in [4.78, 5) is 6.16. The maximum Gasteiger partial charge on any atom is 0.158 e. The van der Waals surface area contributed by atoms with Crippen LogP contribution in [0.5, 0.6) is 0 Å². The van der Waals surface area contributed by atoms with Gasteiger partial charge in [-0.1, -0.05) is 23.4 Å². The van der Waals surface area contributed by atoms with E-state index >= 15 is 0 Å². The number of fused-ring (bicyclic) bond motifs is 1. The molecule has 0 aliphatic heterocycles. The van der Waals surface area contributed by atoms with Gasteiger partial charge in [0.05, 0.1) is 12.1 Å². The molecule has 0 bridgehead atoms. The van der Waals surface area contributed by atoms with Crippen molar-refractivity contribution in [2.75, 3.05) is 19.0 Å². The zero-order chi connectivity index (χ0) is 14.1. The molecule has 0 N–H and O–H groups in total. The average Bonchev–Trinajstić information content (AvgIpc) is 2.84. The smallest absolute Gasteiger partial charge is 0.158 e. The predicted octanol–water partition coefficient (Wildman–Crippen LogP) is 2.50. The van der Waals surface area contributed by atoms with E-state index in [2.05, 4.69) is 15.3 Å². The summed E-state index contributed by atoms with van der Waals surface area (Å²) in [7, 11) is 3.80. The summed E-state index contributed by atoms with van der Waals surface area (Å²) >= 11 is 0. The van der Waals surface area contributed by atoms with Gasteiger partial charge >= 0.3 is 0 Å². The molecule has 0 fully saturated rings. The minimum absolute atomic E-state index is 0. The summed E-state index contributed by atoms with van der Waals surface area (Å²) in [5.74, 6) is 0.514. The van der Waals surface area contributed by atoms with Gasteiger partial charge in [-0.05, 0) is 12.1 Å². The number of pyridine rings is 1. The Bertz CT molecular complexity index is 756. The van der Waals surface area contributed by atoms with E-state index in [1.807, 2.05) is 31.1 Å². The molecule has 21 heavy (non-hydrogen) atoms. The third-order valence-electron chi connectivity index (χ3n) is 3.12. The van der Waals surface area contributed by atoms with Crippen molar-refractivity contribution in [3.63, 3.8) is 0 Å². The summed E-state index contributed by atoms with van der Waals surface area (Å²) in [5.41, 5.74) is 2.14. The third-order valence-corrected chi connectivity index (χ3v) is 3.12. The van der Waals surface area contributed by atoms with E-state index in [1.165, 1.54) is 6.07 Å². The minimum atomic E-state index is -0.238. The average molecular weight is 308 g/mol. The molecule has 0 spiro atoms. The minimum Gasteiger partial charge on any atom is -0.361 e. The standard InChI is InChI=1S/C14H14FN5.ClH/c1-19(2)14-13-12(7-8-16-14)20(18-17-13)9-10-5-3-4-6-11(10)15;/h3-8H,9H2,1-2H3;1H. The topological polar surface area (TPSA) is 46.8 Å². The molecule has 5 nitrogen and oxygen atoms in total. The van der Waals surface area contributed by atoms with Crippen LogP contribution in [0.15, 0.2) is 36.5 Å². The van der Waals surface area contributed by atoms with Crippen molar-refractivity contribution in [2.24, 2.45) is 0 Å². The number of hydrogen-bond donors (Lipinski definition) is 0. The predicted molar refractivity (Wildman–Crippen MR) is 82.4 cm³/mol. The van der Waals surface area contributed by atoms with Crippen LogP contribution in [-0.4, -0.2) is 34.1 Å². The number of anilines is 1. The molecule has 0 radical (unpaired) electrons. The third kappa shape index (κ3) is 2.80. The van der Waals surface area contributed by atoms with E-state index in [4.69, 9.17) is 0 Å². The van der Waals surface area contributed by atoms with Crippen molar-refractivity contribution in [1.82, 2.24) is 20.0 Å². The number of benzene rings is 1. The van der Waals surface area contributed by atoms with Gasteiger partial charge in [-0.15, -0.1) is 17.5 Å². The highest BCUT2D eigenvalue weighted by Gasteiger charge is 2.12. The van der Waals surface area contributed by atoms with E-state index in [-0.39, 0.29) is 18.2 Å². The van der Waals surface area contributed by atoms with E-state index in [1.54, 1.807) is 23.0 Å². The van der Waals surface area contributed by atoms with Gasteiger partial charge in [-0.2, -0.15) is 0 Å². The first kappa shape index (κ1) is 15.2. The summed E-state index contributed by atoms with van der Waals surface area (Å²) in [6.07, 6.45) is 1.71. The van der Waals surface area contributed by atoms with Gasteiger partial charge in [-0.25, -0.2) is 14.1 Å². The summed E-state index contributed by atoms with van der Waals surface area (Å²) in [5, 5.41) is 8.26. The van der Waals surface area contributed by atoms with Crippen molar-refractivity contribution in [3.8, 4) is 0 Å². The van der Waals surface area contributed by atoms with Crippen LogP contribution in [0, 0.1) is 5.82 Å². The second kappa shape index (κ2) is 6.05. The molecular formula is C14H15ClFN5. The lowest BCUT2D eigenvalue weighted by atomic mass is 10.2. The summed E-state index contributed by atoms with van der Waals surface area (Å²) < 4.78 is 15.4. The Morgan fingerprint density at radius 3 is 2.67 bits per heavy atom. The van der Waals surface area contributed by atoms with Crippen LogP contribution in [0.25, 0.3) is 11.0 Å². The van der Waals surface area contributed by atoms with Crippen molar-refractivity contribution in [1.29, 1.82) is 0 Å². The second-order valence-electron chi connectivity index (χ2n) is 4.74. The van der Waals surface area contributed by atoms with Gasteiger partial charge in [0.1, 0.15) is 5.82 Å². The molecule has 0 aliphatic carbocycles. The van der Waals surface area contributed by atoms with Gasteiger partial charge in [0, 0.05) is 25.9 Å². The van der Waals surface area contributed by atoms with Crippen LogP contribution in [0.4, 0.5) is 10.2 Å². The van der Waals surface area contributed by atoms with Gasteiger partial charge in [-0.3, -0.25) is 0 Å². The molecule has 2 aromatic heterocycles. The van der Waals surface area contributed by atoms with Crippen LogP contribution in [0.1, 0.15) is 5.56 Å². The molecule has 0 unspecified atom stereocenters. The largest absolute Gasteiger partial charge is 0.361 e. The fourth-order valence-electron chi connectivity index (χ4n) is 2.12. The molecule has 1 aromatic carbocycles. The van der Waals surface area contributed by atoms with Crippen molar-refractivity contribution in [2.45, 2.75) is 6.54 Å². The number of rotatable bonds is 3. The molecule has 0 amide bonds. The fourth-order valence-corrected chi connectivity index (χ4v) is 2.12. The van der Waals surface area contributed by atoms with Crippen LogP contribution < -0.4 is 4.90 Å². The molecule has 0 aliphatic rings. The van der Waals surface area contributed by atoms with Crippen LogP contribution >= 0.6 is 12.4 Å². The molecule has 0 saturated heterocycles. The normalized spacial score (nSPS) is 10.4. The quantitative estimate of drug-likeness (QED) is 0.746. The van der Waals surface area contributed by atoms with Crippen molar-refractivity contribution < 1.29 is 4.39 Å². The molecule has 0 saturated carbocycles. The maximum absolute atomic E-state index is 13.7. The number of nitrogens with zero attached hydrogens (tertiary/aromatic N) is 5. The summed E-state index contributed by atoms with van der Waals surface area (Å²) in [6.45, 7) is 0.347. The van der Waals surface area contributed by atoms with Crippen LogP contribution in [0.2, 0.25) is 0 Å². The fraction of sp³-hybridized carbons (Fsp3) is 0.214. The van der Waals surface area contributed by atoms with Crippen LogP contribution in [0.3, 0.4) is 0 Å². The maximum atomic E-state index is 13.7. The first-order valence-electron chi connectivity index (χ1n) is 6.26. The van der Waals surface area contributed by atoms with Gasteiger partial charge in [0.15, 0.2) is 11.3 Å². The lowest BCUT2D eigenvalue weighted by Gasteiger charge is -2.10. The molecule has 7 heteroatoms. The number of halogens is 2. The van der Waals surface area contributed by atoms with Crippen molar-refractivity contribution >= 4 is 29.3 Å². The second-order valence-corrected chi connectivity index (χ2v) is 4.74. The van der Waals surface area contributed by atoms with E-state index < -0.39 is 0 Å². The Labute approximate surface area is 127 Å². The zero-order valence-electron chi connectivity index (χ0n) is 11.7. The van der Waals surface area contributed by atoms with E-state index in [0.29, 0.717) is 17.6 Å². The summed E-state index contributed by atoms with van der Waals surface area (Å²) in [6, 6.07) is 8.51. The Kier molecular flexibility index (Phi) is 4.37. The molecule has 3 rings (SSSR count). The molecule has 110 valence electrons. The van der Waals surface area contributed by atoms with Gasteiger partial charge in [0.25, 0.3) is 0 Å². The highest BCUT2D eigenvalue weighted by molar-refractivity contribution is 5.85. The lowest BCUT2D eigenvalue weighted by Crippen LogP contribution is -2.11. The highest BCUT2D eigenvalue weighted by Crippen LogP contribution is 2.21. The Morgan fingerprint density at radius 2 is 1.95 bits per heavy atom. The first-order valence-corrected chi connectivity index (χ1v) is 6.26. The molecule has 2 heterocycles. The molecular weight excluding hydrogens is 293 g/mol. The lowest BCUT2D eigenvalue weighted by molar-refractivity contribution is 0.583. The SMILES string of the molecule is CN(C)c1nccc2c1nnn2Cc1ccccc1F.Cl. The molecule has 3 aromatic rings. The van der Waals surface area contributed by atoms with Gasteiger partial charge in [0.2, 0.25) is 0 Å². The van der Waals surface area contributed by atoms with Crippen molar-refractivity contribution in [3.05, 3.63) is 47.9 Å². The highest BCUT2D eigenvalue weighted by atomic mass is 35.5. The Morgan fingerprint density at radius 1 is 1.19 bits per heavy atom. The number of hydrogen-bond acceptors (Lipinski definition) is 4. The first-order chi connectivity index (χ1) is 9.66. The molecule has 0 atom stereocenters. The van der Waals surface area contributed by atoms with Crippen LogP contribution in [-0.2, 0) is 6.54 Å². The Balaban J connectivity index is 0.00000161. The monoisotopic (exact) mass is 307 g/mol. The van der Waals surface area contributed by atoms with Gasteiger partial charge < -0.3 is 4.90 Å². The van der Waals surface area contributed by atoms with E-state index in [0.717, 1.165) is 11.3 Å². The Hall–Kier alpha value is -2.21. The zero-order valence-corrected chi connectivity index (χ0v) is 12.5. The van der Waals surface area contributed by atoms with E-state index in [9.17, 15) is 4.39 Å².